The van der Waals surface area contributed by atoms with E-state index in [9.17, 15) is 23.2 Å². The largest absolute Gasteiger partial charge is 0.493 e. The smallest absolute Gasteiger partial charge is 0.325 e. The lowest BCUT2D eigenvalue weighted by Crippen LogP contribution is -2.46. The minimum Gasteiger partial charge on any atom is -0.493 e. The van der Waals surface area contributed by atoms with E-state index in [1.165, 1.54) is 20.3 Å². The van der Waals surface area contributed by atoms with Gasteiger partial charge in [0, 0.05) is 18.2 Å². The number of nitrogens with zero attached hydrogens (tertiary/aromatic N) is 1. The molecule has 8 nitrogen and oxygen atoms in total. The Morgan fingerprint density at radius 2 is 1.77 bits per heavy atom. The molecule has 2 aromatic rings. The van der Waals surface area contributed by atoms with Crippen LogP contribution < -0.4 is 20.1 Å². The highest BCUT2D eigenvalue weighted by Crippen LogP contribution is 2.30. The van der Waals surface area contributed by atoms with Gasteiger partial charge in [0.05, 0.1) is 14.2 Å². The lowest BCUT2D eigenvalue weighted by Gasteiger charge is -2.22. The Balaban J connectivity index is 1.70. The van der Waals surface area contributed by atoms with Crippen LogP contribution in [0.25, 0.3) is 0 Å². The zero-order chi connectivity index (χ0) is 22.8. The van der Waals surface area contributed by atoms with E-state index in [-0.39, 0.29) is 12.1 Å². The van der Waals surface area contributed by atoms with E-state index in [1.54, 1.807) is 25.1 Å². The van der Waals surface area contributed by atoms with Gasteiger partial charge in [0.1, 0.15) is 12.1 Å². The van der Waals surface area contributed by atoms with Gasteiger partial charge in [0.25, 0.3) is 5.91 Å². The number of carbonyl (C=O) groups excluding carboxylic acids is 3. The molecule has 0 radical (unpaired) electrons. The van der Waals surface area contributed by atoms with Gasteiger partial charge in [-0.3, -0.25) is 14.5 Å². The number of amides is 4. The highest BCUT2D eigenvalue weighted by molar-refractivity contribution is 6.10. The van der Waals surface area contributed by atoms with Crippen LogP contribution >= 0.6 is 0 Å². The molecule has 164 valence electrons. The number of benzene rings is 2. The third-order valence-corrected chi connectivity index (χ3v) is 4.86. The Kier molecular flexibility index (Phi) is 6.09. The topological polar surface area (TPSA) is 97.0 Å². The van der Waals surface area contributed by atoms with Crippen LogP contribution in [0.4, 0.5) is 19.3 Å². The first-order valence-electron chi connectivity index (χ1n) is 9.27. The number of nitrogens with one attached hydrogen (secondary N) is 2. The second kappa shape index (κ2) is 8.58. The third kappa shape index (κ3) is 4.57. The summed E-state index contributed by atoms with van der Waals surface area (Å²) in [6, 6.07) is 7.23. The number of urea groups is 1. The van der Waals surface area contributed by atoms with Crippen molar-refractivity contribution in [2.24, 2.45) is 0 Å². The van der Waals surface area contributed by atoms with Crippen molar-refractivity contribution in [2.45, 2.75) is 18.9 Å². The Hall–Kier alpha value is -3.69. The van der Waals surface area contributed by atoms with Crippen LogP contribution in [0.5, 0.6) is 11.5 Å². The van der Waals surface area contributed by atoms with E-state index < -0.39 is 41.6 Å². The fourth-order valence-corrected chi connectivity index (χ4v) is 3.33. The summed E-state index contributed by atoms with van der Waals surface area (Å²) >= 11 is 0. The molecule has 1 fully saturated rings. The molecule has 0 unspecified atom stereocenters. The number of methoxy groups -OCH3 is 2. The van der Waals surface area contributed by atoms with Crippen LogP contribution in [0.2, 0.25) is 0 Å². The van der Waals surface area contributed by atoms with E-state index in [2.05, 4.69) is 10.6 Å². The standard InChI is InChI=1S/C21H21F2N3O5/c1-21(10-12-4-7-16(30-2)17(8-12)31-3)19(28)26(20(29)25-21)11-18(27)24-13-5-6-14(22)15(23)9-13/h4-9H,10-11H2,1-3H3,(H,24,27)(H,25,29)/t21-/m1/s1. The average molecular weight is 433 g/mol. The van der Waals surface area contributed by atoms with E-state index in [0.717, 1.165) is 17.0 Å². The predicted molar refractivity (Wildman–Crippen MR) is 107 cm³/mol. The first-order valence-corrected chi connectivity index (χ1v) is 9.27. The van der Waals surface area contributed by atoms with Gasteiger partial charge in [-0.2, -0.15) is 0 Å². The second-order valence-electron chi connectivity index (χ2n) is 7.20. The molecule has 3 rings (SSSR count). The van der Waals surface area contributed by atoms with E-state index in [1.807, 2.05) is 0 Å². The average Bonchev–Trinajstić information content (AvgIpc) is 2.93. The van der Waals surface area contributed by atoms with Gasteiger partial charge in [-0.05, 0) is 36.8 Å². The first kappa shape index (κ1) is 22.0. The summed E-state index contributed by atoms with van der Waals surface area (Å²) in [5, 5.41) is 4.94. The summed E-state index contributed by atoms with van der Waals surface area (Å²) in [6.45, 7) is 0.975. The molecule has 1 aliphatic heterocycles. The van der Waals surface area contributed by atoms with Gasteiger partial charge < -0.3 is 20.1 Å². The lowest BCUT2D eigenvalue weighted by atomic mass is 9.92. The molecule has 1 heterocycles. The molecule has 0 aromatic heterocycles. The third-order valence-electron chi connectivity index (χ3n) is 4.86. The lowest BCUT2D eigenvalue weighted by molar-refractivity contribution is -0.133. The monoisotopic (exact) mass is 433 g/mol. The summed E-state index contributed by atoms with van der Waals surface area (Å²) in [5.41, 5.74) is -0.565. The Labute approximate surface area is 177 Å². The van der Waals surface area contributed by atoms with Gasteiger partial charge in [-0.15, -0.1) is 0 Å². The zero-order valence-corrected chi connectivity index (χ0v) is 17.1. The molecule has 0 saturated carbocycles. The van der Waals surface area contributed by atoms with Crippen LogP contribution in [0.1, 0.15) is 12.5 Å². The molecule has 4 amide bonds. The molecule has 0 aliphatic carbocycles. The van der Waals surface area contributed by atoms with Crippen molar-refractivity contribution in [2.75, 3.05) is 26.1 Å². The molecular weight excluding hydrogens is 412 g/mol. The summed E-state index contributed by atoms with van der Waals surface area (Å²) in [5.74, 6) is -2.51. The second-order valence-corrected chi connectivity index (χ2v) is 7.20. The van der Waals surface area contributed by atoms with Gasteiger partial charge in [0.2, 0.25) is 5.91 Å². The quantitative estimate of drug-likeness (QED) is 0.654. The van der Waals surface area contributed by atoms with Crippen molar-refractivity contribution in [3.63, 3.8) is 0 Å². The Morgan fingerprint density at radius 3 is 2.42 bits per heavy atom. The maximum Gasteiger partial charge on any atom is 0.325 e. The predicted octanol–water partition coefficient (Wildman–Crippen LogP) is 2.47. The van der Waals surface area contributed by atoms with Gasteiger partial charge in [0.15, 0.2) is 23.1 Å². The van der Waals surface area contributed by atoms with Crippen molar-refractivity contribution in [1.82, 2.24) is 10.2 Å². The van der Waals surface area contributed by atoms with Crippen molar-refractivity contribution >= 4 is 23.5 Å². The highest BCUT2D eigenvalue weighted by Gasteiger charge is 2.48. The summed E-state index contributed by atoms with van der Waals surface area (Å²) in [6.07, 6.45) is 0.152. The number of hydrogen-bond donors (Lipinski definition) is 2. The summed E-state index contributed by atoms with van der Waals surface area (Å²) < 4.78 is 36.8. The number of anilines is 1. The molecule has 2 N–H and O–H groups in total. The normalized spacial score (nSPS) is 18.0. The molecule has 1 saturated heterocycles. The van der Waals surface area contributed by atoms with Crippen LogP contribution in [-0.4, -0.2) is 49.0 Å². The van der Waals surface area contributed by atoms with Crippen molar-refractivity contribution in [1.29, 1.82) is 0 Å². The number of rotatable bonds is 7. The van der Waals surface area contributed by atoms with Crippen LogP contribution in [0.15, 0.2) is 36.4 Å². The fraction of sp³-hybridized carbons (Fsp3) is 0.286. The molecule has 31 heavy (non-hydrogen) atoms. The maximum atomic E-state index is 13.3. The minimum absolute atomic E-state index is 0.00374. The molecule has 0 spiro atoms. The summed E-state index contributed by atoms with van der Waals surface area (Å²) in [4.78, 5) is 38.3. The Morgan fingerprint density at radius 1 is 1.06 bits per heavy atom. The maximum absolute atomic E-state index is 13.3. The SMILES string of the molecule is COc1ccc(C[C@@]2(C)NC(=O)N(CC(=O)Nc3ccc(F)c(F)c3)C2=O)cc1OC. The number of halogens is 2. The number of ether oxygens (including phenoxy) is 2. The number of imide groups is 1. The summed E-state index contributed by atoms with van der Waals surface area (Å²) in [7, 11) is 2.99. The van der Waals surface area contributed by atoms with Gasteiger partial charge in [-0.1, -0.05) is 6.07 Å². The fourth-order valence-electron chi connectivity index (χ4n) is 3.33. The molecule has 10 heteroatoms. The molecule has 1 atom stereocenters. The molecule has 1 aliphatic rings. The first-order chi connectivity index (χ1) is 14.7. The highest BCUT2D eigenvalue weighted by atomic mass is 19.2. The van der Waals surface area contributed by atoms with E-state index >= 15 is 0 Å². The zero-order valence-electron chi connectivity index (χ0n) is 17.1. The molecule has 2 aromatic carbocycles. The van der Waals surface area contributed by atoms with Crippen LogP contribution in [-0.2, 0) is 16.0 Å². The van der Waals surface area contributed by atoms with E-state index in [0.29, 0.717) is 17.1 Å². The van der Waals surface area contributed by atoms with Crippen molar-refractivity contribution < 1.29 is 32.6 Å². The van der Waals surface area contributed by atoms with Crippen molar-refractivity contribution in [3.05, 3.63) is 53.6 Å². The molecule has 0 bridgehead atoms. The van der Waals surface area contributed by atoms with Crippen LogP contribution in [0, 0.1) is 11.6 Å². The molecular formula is C21H21F2N3O5. The number of hydrogen-bond acceptors (Lipinski definition) is 5. The van der Waals surface area contributed by atoms with Gasteiger partial charge in [-0.25, -0.2) is 13.6 Å². The minimum atomic E-state index is -1.28. The number of carbonyl (C=O) groups is 3. The van der Waals surface area contributed by atoms with Gasteiger partial charge >= 0.3 is 6.03 Å². The van der Waals surface area contributed by atoms with Crippen LogP contribution in [0.3, 0.4) is 0 Å². The Bertz CT molecular complexity index is 1050. The van der Waals surface area contributed by atoms with E-state index in [4.69, 9.17) is 9.47 Å². The van der Waals surface area contributed by atoms with Crippen molar-refractivity contribution in [3.8, 4) is 11.5 Å².